The lowest BCUT2D eigenvalue weighted by Gasteiger charge is -2.30. The third kappa shape index (κ3) is 5.02. The van der Waals surface area contributed by atoms with Crippen LogP contribution in [-0.2, 0) is 19.1 Å². The summed E-state index contributed by atoms with van der Waals surface area (Å²) in [6, 6.07) is 16.0. The molecule has 0 aliphatic carbocycles. The second-order valence-corrected chi connectivity index (χ2v) is 10.7. The number of non-ortho nitro benzene ring substituents is 1. The largest absolute Gasteiger partial charge is 0.462 e. The maximum absolute atomic E-state index is 13.9. The first-order chi connectivity index (χ1) is 20.0. The van der Waals surface area contributed by atoms with Gasteiger partial charge in [-0.25, -0.2) is 9.59 Å². The van der Waals surface area contributed by atoms with Gasteiger partial charge < -0.3 is 19.3 Å². The van der Waals surface area contributed by atoms with Crippen LogP contribution in [0, 0.1) is 44.7 Å². The molecule has 3 aromatic carbocycles. The minimum atomic E-state index is -0.739. The van der Waals surface area contributed by atoms with Crippen LogP contribution in [0.15, 0.2) is 71.6 Å². The summed E-state index contributed by atoms with van der Waals surface area (Å²) >= 11 is 0. The van der Waals surface area contributed by atoms with E-state index >= 15 is 0 Å². The van der Waals surface area contributed by atoms with Crippen LogP contribution in [0.4, 0.5) is 17.1 Å². The van der Waals surface area contributed by atoms with Crippen LogP contribution in [0.1, 0.15) is 40.3 Å². The third-order valence-corrected chi connectivity index (χ3v) is 7.51. The lowest BCUT2D eigenvalue weighted by Crippen LogP contribution is -2.29. The van der Waals surface area contributed by atoms with Gasteiger partial charge in [-0.2, -0.15) is 0 Å². The Bertz CT molecular complexity index is 1680. The summed E-state index contributed by atoms with van der Waals surface area (Å²) < 4.78 is 11.2. The number of nitrogens with zero attached hydrogens (tertiary/aromatic N) is 3. The summed E-state index contributed by atoms with van der Waals surface area (Å²) in [5.41, 5.74) is 7.18. The highest BCUT2D eigenvalue weighted by Crippen LogP contribution is 2.44. The average molecular weight is 568 g/mol. The summed E-state index contributed by atoms with van der Waals surface area (Å²) in [5, 5.41) is 11.5. The number of cyclic esters (lactones) is 1. The van der Waals surface area contributed by atoms with Gasteiger partial charge in [0.25, 0.3) is 5.69 Å². The van der Waals surface area contributed by atoms with Gasteiger partial charge in [-0.3, -0.25) is 10.1 Å². The molecule has 2 heterocycles. The molecule has 0 radical (unpaired) electrons. The summed E-state index contributed by atoms with van der Waals surface area (Å²) in [6.07, 6.45) is 0. The third-order valence-electron chi connectivity index (χ3n) is 7.51. The molecule has 3 aromatic rings. The molecule has 42 heavy (non-hydrogen) atoms. The molecule has 1 fully saturated rings. The van der Waals surface area contributed by atoms with Gasteiger partial charge in [0.15, 0.2) is 5.76 Å². The number of hydrogen-bond donors (Lipinski definition) is 0. The summed E-state index contributed by atoms with van der Waals surface area (Å²) in [5.74, 6) is -1.02. The fourth-order valence-corrected chi connectivity index (χ4v) is 5.96. The van der Waals surface area contributed by atoms with E-state index in [-0.39, 0.29) is 34.8 Å². The zero-order valence-corrected chi connectivity index (χ0v) is 24.6. The van der Waals surface area contributed by atoms with Crippen molar-refractivity contribution in [3.63, 3.8) is 0 Å². The van der Waals surface area contributed by atoms with Crippen molar-refractivity contribution in [2.75, 3.05) is 29.5 Å². The van der Waals surface area contributed by atoms with E-state index in [1.165, 1.54) is 18.2 Å². The predicted molar refractivity (Wildman–Crippen MR) is 161 cm³/mol. The van der Waals surface area contributed by atoms with Crippen LogP contribution in [-0.4, -0.2) is 36.6 Å². The van der Waals surface area contributed by atoms with Crippen molar-refractivity contribution in [2.24, 2.45) is 0 Å². The average Bonchev–Trinajstić information content (AvgIpc) is 3.49. The number of ether oxygens (including phenoxy) is 2. The highest BCUT2D eigenvalue weighted by Gasteiger charge is 2.44. The molecule has 9 nitrogen and oxygen atoms in total. The molecule has 0 amide bonds. The molecular weight excluding hydrogens is 534 g/mol. The maximum Gasteiger partial charge on any atom is 0.348 e. The fourth-order valence-electron chi connectivity index (χ4n) is 5.96. The van der Waals surface area contributed by atoms with E-state index in [2.05, 4.69) is 23.1 Å². The molecule has 5 rings (SSSR count). The Morgan fingerprint density at radius 3 is 2.24 bits per heavy atom. The Morgan fingerprint density at radius 1 is 0.929 bits per heavy atom. The van der Waals surface area contributed by atoms with Gasteiger partial charge in [0.1, 0.15) is 17.0 Å². The standard InChI is InChI=1S/C33H33N3O6/c1-7-41-32(37)27-28(33(38)42-30(27)24-9-8-10-25(18-24)36(39)40)31-34(26-12-11-19(2)15-21(26)4)13-14-35(31)29-22(5)16-20(3)17-23(29)6/h8-12,15-18H,7,13-14H2,1-6H3/b31-28-. The SMILES string of the molecule is CCOC(=O)C1=C(c2cccc([N+](=O)[O-])c2)OC(=O)/C1=C1/N(c2ccc(C)cc2C)CCN1c1c(C)cc(C)cc1C. The topological polar surface area (TPSA) is 102 Å². The minimum absolute atomic E-state index is 0.0542. The molecule has 2 aliphatic heterocycles. The number of anilines is 2. The molecule has 0 aromatic heterocycles. The molecule has 9 heteroatoms. The number of hydrogen-bond acceptors (Lipinski definition) is 8. The first kappa shape index (κ1) is 28.6. The number of nitro groups is 1. The predicted octanol–water partition coefficient (Wildman–Crippen LogP) is 6.21. The van der Waals surface area contributed by atoms with Crippen LogP contribution < -0.4 is 9.80 Å². The van der Waals surface area contributed by atoms with Crippen molar-refractivity contribution in [1.29, 1.82) is 0 Å². The van der Waals surface area contributed by atoms with E-state index in [0.717, 1.165) is 39.2 Å². The number of nitro benzene ring substituents is 1. The molecule has 0 atom stereocenters. The highest BCUT2D eigenvalue weighted by atomic mass is 16.6. The van der Waals surface area contributed by atoms with E-state index in [4.69, 9.17) is 9.47 Å². The molecule has 0 spiro atoms. The second kappa shape index (κ2) is 11.2. The summed E-state index contributed by atoms with van der Waals surface area (Å²) in [7, 11) is 0. The number of rotatable bonds is 6. The normalized spacial score (nSPS) is 16.8. The van der Waals surface area contributed by atoms with Gasteiger partial charge in [0, 0.05) is 42.2 Å². The molecule has 0 N–H and O–H groups in total. The van der Waals surface area contributed by atoms with Crippen LogP contribution in [0.3, 0.4) is 0 Å². The summed E-state index contributed by atoms with van der Waals surface area (Å²) in [4.78, 5) is 42.6. The van der Waals surface area contributed by atoms with Crippen LogP contribution in [0.5, 0.6) is 0 Å². The lowest BCUT2D eigenvalue weighted by atomic mass is 10.0. The van der Waals surface area contributed by atoms with E-state index in [1.54, 1.807) is 13.0 Å². The number of esters is 2. The number of aryl methyl sites for hydroxylation is 5. The Kier molecular flexibility index (Phi) is 7.60. The van der Waals surface area contributed by atoms with Crippen LogP contribution in [0.25, 0.3) is 5.76 Å². The molecule has 0 saturated carbocycles. The molecule has 216 valence electrons. The fraction of sp³-hybridized carbons (Fsp3) is 0.273. The van der Waals surface area contributed by atoms with Crippen molar-refractivity contribution in [2.45, 2.75) is 41.5 Å². The van der Waals surface area contributed by atoms with Gasteiger partial charge in [0.05, 0.1) is 11.5 Å². The highest BCUT2D eigenvalue weighted by molar-refractivity contribution is 6.18. The second-order valence-electron chi connectivity index (χ2n) is 10.7. The van der Waals surface area contributed by atoms with Gasteiger partial charge in [0.2, 0.25) is 0 Å². The minimum Gasteiger partial charge on any atom is -0.462 e. The van der Waals surface area contributed by atoms with Gasteiger partial charge in [-0.05, 0) is 64.3 Å². The Balaban J connectivity index is 1.84. The Labute approximate surface area is 244 Å². The van der Waals surface area contributed by atoms with E-state index in [1.807, 2.05) is 51.7 Å². The van der Waals surface area contributed by atoms with Crippen molar-refractivity contribution in [1.82, 2.24) is 0 Å². The lowest BCUT2D eigenvalue weighted by molar-refractivity contribution is -0.384. The summed E-state index contributed by atoms with van der Waals surface area (Å²) in [6.45, 7) is 13.0. The first-order valence-electron chi connectivity index (χ1n) is 13.8. The van der Waals surface area contributed by atoms with Crippen LogP contribution >= 0.6 is 0 Å². The van der Waals surface area contributed by atoms with Gasteiger partial charge >= 0.3 is 11.9 Å². The Hall–Kier alpha value is -4.92. The van der Waals surface area contributed by atoms with E-state index in [0.29, 0.717) is 18.9 Å². The van der Waals surface area contributed by atoms with E-state index < -0.39 is 16.9 Å². The Morgan fingerprint density at radius 2 is 1.60 bits per heavy atom. The smallest absolute Gasteiger partial charge is 0.348 e. The number of carbonyl (C=O) groups is 2. The monoisotopic (exact) mass is 567 g/mol. The number of benzene rings is 3. The van der Waals surface area contributed by atoms with E-state index in [9.17, 15) is 19.7 Å². The zero-order chi connectivity index (χ0) is 30.3. The molecule has 0 unspecified atom stereocenters. The quantitative estimate of drug-likeness (QED) is 0.150. The van der Waals surface area contributed by atoms with Gasteiger partial charge in [-0.1, -0.05) is 47.5 Å². The number of carbonyl (C=O) groups excluding carboxylic acids is 2. The molecular formula is C33H33N3O6. The van der Waals surface area contributed by atoms with Gasteiger partial charge in [-0.15, -0.1) is 0 Å². The van der Waals surface area contributed by atoms with Crippen molar-refractivity contribution in [3.8, 4) is 0 Å². The maximum atomic E-state index is 13.9. The zero-order valence-electron chi connectivity index (χ0n) is 24.6. The molecule has 0 bridgehead atoms. The molecule has 2 aliphatic rings. The van der Waals surface area contributed by atoms with Crippen LogP contribution in [0.2, 0.25) is 0 Å². The van der Waals surface area contributed by atoms with Crippen molar-refractivity contribution >= 4 is 34.8 Å². The van der Waals surface area contributed by atoms with Crippen molar-refractivity contribution < 1.29 is 24.0 Å². The van der Waals surface area contributed by atoms with Crippen molar-refractivity contribution in [3.05, 3.63) is 115 Å². The first-order valence-corrected chi connectivity index (χ1v) is 13.8. The molecule has 1 saturated heterocycles.